The summed E-state index contributed by atoms with van der Waals surface area (Å²) in [4.78, 5) is 11.4. The van der Waals surface area contributed by atoms with Crippen molar-refractivity contribution in [1.29, 1.82) is 0 Å². The molecular weight excluding hydrogens is 188 g/mol. The molecule has 0 amide bonds. The summed E-state index contributed by atoms with van der Waals surface area (Å²) in [5.74, 6) is -0.145. The summed E-state index contributed by atoms with van der Waals surface area (Å²) >= 11 is 5.63. The number of carbonyl (C=O) groups is 1. The van der Waals surface area contributed by atoms with Gasteiger partial charge in [0.15, 0.2) is 5.78 Å². The molecule has 4 N–H and O–H groups in total. The van der Waals surface area contributed by atoms with Gasteiger partial charge in [0, 0.05) is 5.56 Å². The number of anilines is 2. The lowest BCUT2D eigenvalue weighted by Crippen LogP contribution is -2.11. The zero-order valence-electron chi connectivity index (χ0n) is 7.25. The molecule has 1 unspecified atom stereocenters. The van der Waals surface area contributed by atoms with Crippen molar-refractivity contribution in [3.8, 4) is 0 Å². The van der Waals surface area contributed by atoms with E-state index in [1.54, 1.807) is 19.1 Å². The van der Waals surface area contributed by atoms with Crippen molar-refractivity contribution in [3.63, 3.8) is 0 Å². The van der Waals surface area contributed by atoms with Gasteiger partial charge in [-0.3, -0.25) is 4.79 Å². The summed E-state index contributed by atoms with van der Waals surface area (Å²) in [5, 5.41) is -0.539. The van der Waals surface area contributed by atoms with Gasteiger partial charge in [-0.15, -0.1) is 11.6 Å². The molecule has 13 heavy (non-hydrogen) atoms. The van der Waals surface area contributed by atoms with E-state index in [2.05, 4.69) is 0 Å². The Kier molecular flexibility index (Phi) is 2.78. The van der Waals surface area contributed by atoms with Gasteiger partial charge in [0.1, 0.15) is 0 Å². The number of alkyl halides is 1. The highest BCUT2D eigenvalue weighted by atomic mass is 35.5. The second kappa shape index (κ2) is 3.66. The molecule has 1 rings (SSSR count). The van der Waals surface area contributed by atoms with Crippen LogP contribution in [0.3, 0.4) is 0 Å². The van der Waals surface area contributed by atoms with Crippen molar-refractivity contribution < 1.29 is 4.79 Å². The van der Waals surface area contributed by atoms with Crippen molar-refractivity contribution in [2.45, 2.75) is 12.3 Å². The molecule has 0 radical (unpaired) electrons. The average molecular weight is 199 g/mol. The normalized spacial score (nSPS) is 12.5. The van der Waals surface area contributed by atoms with Gasteiger partial charge < -0.3 is 11.5 Å². The van der Waals surface area contributed by atoms with E-state index in [0.29, 0.717) is 16.9 Å². The Labute approximate surface area is 81.7 Å². The predicted molar refractivity (Wildman–Crippen MR) is 54.9 cm³/mol. The van der Waals surface area contributed by atoms with Crippen LogP contribution >= 0.6 is 11.6 Å². The molecule has 0 fully saturated rings. The van der Waals surface area contributed by atoms with Gasteiger partial charge in [-0.2, -0.15) is 0 Å². The maximum absolute atomic E-state index is 11.4. The van der Waals surface area contributed by atoms with E-state index in [9.17, 15) is 4.79 Å². The van der Waals surface area contributed by atoms with Crippen LogP contribution < -0.4 is 11.5 Å². The summed E-state index contributed by atoms with van der Waals surface area (Å²) in [6, 6.07) is 4.76. The molecular formula is C9H11ClN2O. The molecule has 0 aliphatic rings. The molecule has 4 heteroatoms. The Bertz CT molecular complexity index is 336. The lowest BCUT2D eigenvalue weighted by molar-refractivity contribution is 0.0992. The number of hydrogen-bond acceptors (Lipinski definition) is 3. The Hall–Kier alpha value is -1.22. The van der Waals surface area contributed by atoms with E-state index in [-0.39, 0.29) is 5.78 Å². The van der Waals surface area contributed by atoms with Gasteiger partial charge in [0.05, 0.1) is 16.8 Å². The minimum absolute atomic E-state index is 0.145. The Morgan fingerprint density at radius 3 is 2.46 bits per heavy atom. The van der Waals surface area contributed by atoms with Crippen molar-refractivity contribution in [1.82, 2.24) is 0 Å². The lowest BCUT2D eigenvalue weighted by Gasteiger charge is -2.05. The summed E-state index contributed by atoms with van der Waals surface area (Å²) in [6.45, 7) is 1.62. The van der Waals surface area contributed by atoms with Crippen molar-refractivity contribution in [3.05, 3.63) is 23.8 Å². The highest BCUT2D eigenvalue weighted by molar-refractivity contribution is 6.33. The monoisotopic (exact) mass is 198 g/mol. The molecule has 0 aromatic heterocycles. The average Bonchev–Trinajstić information content (AvgIpc) is 2.08. The zero-order valence-corrected chi connectivity index (χ0v) is 8.01. The lowest BCUT2D eigenvalue weighted by atomic mass is 10.1. The summed E-state index contributed by atoms with van der Waals surface area (Å²) in [5.41, 5.74) is 12.4. The summed E-state index contributed by atoms with van der Waals surface area (Å²) in [6.07, 6.45) is 0. The Balaban J connectivity index is 3.04. The number of nitrogens with two attached hydrogens (primary N) is 2. The minimum Gasteiger partial charge on any atom is -0.397 e. The number of carbonyl (C=O) groups excluding carboxylic acids is 1. The number of benzene rings is 1. The van der Waals surface area contributed by atoms with Gasteiger partial charge in [-0.1, -0.05) is 0 Å². The third kappa shape index (κ3) is 2.12. The van der Waals surface area contributed by atoms with Crippen LogP contribution in [0.15, 0.2) is 18.2 Å². The molecule has 1 atom stereocenters. The maximum atomic E-state index is 11.4. The van der Waals surface area contributed by atoms with Gasteiger partial charge in [-0.25, -0.2) is 0 Å². The maximum Gasteiger partial charge on any atom is 0.180 e. The van der Waals surface area contributed by atoms with Crippen LogP contribution in [-0.2, 0) is 0 Å². The summed E-state index contributed by atoms with van der Waals surface area (Å²) < 4.78 is 0. The minimum atomic E-state index is -0.539. The quantitative estimate of drug-likeness (QED) is 0.432. The number of nitrogen functional groups attached to an aromatic ring is 2. The van der Waals surface area contributed by atoms with Crippen LogP contribution in [0, 0.1) is 0 Å². The van der Waals surface area contributed by atoms with Crippen LogP contribution in [-0.4, -0.2) is 11.2 Å². The van der Waals surface area contributed by atoms with Crippen LogP contribution in [0.1, 0.15) is 17.3 Å². The number of halogens is 1. The number of Topliss-reactive ketones (excluding diaryl/α,β-unsaturated/α-hetero) is 1. The van der Waals surface area contributed by atoms with Crippen LogP contribution in [0.5, 0.6) is 0 Å². The molecule has 0 aliphatic heterocycles. The number of hydrogen-bond donors (Lipinski definition) is 2. The van der Waals surface area contributed by atoms with Gasteiger partial charge >= 0.3 is 0 Å². The van der Waals surface area contributed by atoms with Crippen LogP contribution in [0.2, 0.25) is 0 Å². The van der Waals surface area contributed by atoms with E-state index in [0.717, 1.165) is 0 Å². The van der Waals surface area contributed by atoms with Crippen molar-refractivity contribution in [2.75, 3.05) is 11.5 Å². The molecule has 0 spiro atoms. The highest BCUT2D eigenvalue weighted by Crippen LogP contribution is 2.18. The Morgan fingerprint density at radius 1 is 1.38 bits per heavy atom. The van der Waals surface area contributed by atoms with E-state index < -0.39 is 5.38 Å². The van der Waals surface area contributed by atoms with E-state index >= 15 is 0 Å². The summed E-state index contributed by atoms with van der Waals surface area (Å²) in [7, 11) is 0. The molecule has 0 bridgehead atoms. The molecule has 70 valence electrons. The van der Waals surface area contributed by atoms with E-state index in [1.807, 2.05) is 0 Å². The fourth-order valence-electron chi connectivity index (χ4n) is 0.958. The van der Waals surface area contributed by atoms with Crippen molar-refractivity contribution >= 4 is 28.8 Å². The first-order valence-electron chi connectivity index (χ1n) is 3.85. The van der Waals surface area contributed by atoms with E-state index in [4.69, 9.17) is 23.1 Å². The Morgan fingerprint density at radius 2 is 2.00 bits per heavy atom. The molecule has 0 aliphatic carbocycles. The van der Waals surface area contributed by atoms with Crippen LogP contribution in [0.25, 0.3) is 0 Å². The predicted octanol–water partition coefficient (Wildman–Crippen LogP) is 1.66. The van der Waals surface area contributed by atoms with Gasteiger partial charge in [-0.05, 0) is 25.1 Å². The third-order valence-corrected chi connectivity index (χ3v) is 1.93. The first-order chi connectivity index (χ1) is 6.02. The molecule has 1 aromatic rings. The second-order valence-corrected chi connectivity index (χ2v) is 3.48. The largest absolute Gasteiger partial charge is 0.397 e. The fourth-order valence-corrected chi connectivity index (χ4v) is 1.08. The smallest absolute Gasteiger partial charge is 0.180 e. The third-order valence-electron chi connectivity index (χ3n) is 1.73. The first-order valence-corrected chi connectivity index (χ1v) is 4.29. The fraction of sp³-hybridized carbons (Fsp3) is 0.222. The molecule has 3 nitrogen and oxygen atoms in total. The highest BCUT2D eigenvalue weighted by Gasteiger charge is 2.12. The van der Waals surface area contributed by atoms with Crippen molar-refractivity contribution in [2.24, 2.45) is 0 Å². The molecule has 0 saturated heterocycles. The zero-order chi connectivity index (χ0) is 10.0. The topological polar surface area (TPSA) is 69.1 Å². The van der Waals surface area contributed by atoms with Gasteiger partial charge in [0.2, 0.25) is 0 Å². The molecule has 0 saturated carbocycles. The molecule has 0 heterocycles. The van der Waals surface area contributed by atoms with Gasteiger partial charge in [0.25, 0.3) is 0 Å². The number of rotatable bonds is 2. The van der Waals surface area contributed by atoms with Crippen LogP contribution in [0.4, 0.5) is 11.4 Å². The van der Waals surface area contributed by atoms with E-state index in [1.165, 1.54) is 6.07 Å². The molecule has 1 aromatic carbocycles. The first kappa shape index (κ1) is 9.86. The standard InChI is InChI=1S/C9H11ClN2O/c1-5(10)9(13)6-2-3-7(11)8(12)4-6/h2-5H,11-12H2,1H3. The second-order valence-electron chi connectivity index (χ2n) is 2.82. The SMILES string of the molecule is CC(Cl)C(=O)c1ccc(N)c(N)c1. The number of ketones is 1.